The topological polar surface area (TPSA) is 61.4 Å². The first-order chi connectivity index (χ1) is 12.5. The summed E-state index contributed by atoms with van der Waals surface area (Å²) < 4.78 is 0. The number of benzene rings is 1. The molecule has 4 aliphatic carbocycles. The maximum Gasteiger partial charge on any atom is 0.321 e. The smallest absolute Gasteiger partial charge is 0.321 e. The lowest BCUT2D eigenvalue weighted by Gasteiger charge is -2.56. The van der Waals surface area contributed by atoms with Gasteiger partial charge in [0, 0.05) is 12.1 Å². The lowest BCUT2D eigenvalue weighted by atomic mass is 9.53. The van der Waals surface area contributed by atoms with Gasteiger partial charge in [0.1, 0.15) is 0 Å². The number of amides is 3. The van der Waals surface area contributed by atoms with E-state index >= 15 is 0 Å². The summed E-state index contributed by atoms with van der Waals surface area (Å²) >= 11 is 0. The molecular weight excluding hydrogens is 326 g/mol. The molecule has 4 bridgehead atoms. The van der Waals surface area contributed by atoms with E-state index in [0.717, 1.165) is 42.6 Å². The average molecular weight is 355 g/mol. The fraction of sp³-hybridized carbons (Fsp3) is 0.619. The molecule has 140 valence electrons. The number of hydrogen-bond acceptors (Lipinski definition) is 3. The van der Waals surface area contributed by atoms with Gasteiger partial charge in [-0.1, -0.05) is 30.3 Å². The van der Waals surface area contributed by atoms with Crippen LogP contribution >= 0.6 is 0 Å². The molecule has 1 aromatic carbocycles. The molecular formula is C21H29N3O2. The summed E-state index contributed by atoms with van der Waals surface area (Å²) in [5.41, 5.74) is 1.09. The van der Waals surface area contributed by atoms with E-state index in [2.05, 4.69) is 10.6 Å². The Bertz CT molecular complexity index is 638. The molecule has 4 aliphatic rings. The molecule has 0 atom stereocenters. The van der Waals surface area contributed by atoms with E-state index in [1.807, 2.05) is 42.3 Å². The van der Waals surface area contributed by atoms with Gasteiger partial charge in [-0.2, -0.15) is 0 Å². The largest absolute Gasteiger partial charge is 0.332 e. The van der Waals surface area contributed by atoms with Crippen LogP contribution in [0.25, 0.3) is 0 Å². The predicted molar refractivity (Wildman–Crippen MR) is 100 cm³/mol. The van der Waals surface area contributed by atoms with Gasteiger partial charge >= 0.3 is 6.03 Å². The Kier molecular flexibility index (Phi) is 4.74. The summed E-state index contributed by atoms with van der Waals surface area (Å²) in [7, 11) is 1.89. The highest BCUT2D eigenvalue weighted by Gasteiger charge is 2.51. The molecule has 2 N–H and O–H groups in total. The number of carbonyl (C=O) groups excluding carboxylic acids is 2. The van der Waals surface area contributed by atoms with Crippen LogP contribution < -0.4 is 10.6 Å². The highest BCUT2D eigenvalue weighted by atomic mass is 16.2. The summed E-state index contributed by atoms with van der Waals surface area (Å²) in [6.07, 6.45) is 7.29. The summed E-state index contributed by atoms with van der Waals surface area (Å²) in [6.45, 7) is 0.897. The van der Waals surface area contributed by atoms with Crippen molar-refractivity contribution in [2.75, 3.05) is 13.6 Å². The Hall–Kier alpha value is -1.88. The van der Waals surface area contributed by atoms with Gasteiger partial charge in [-0.25, -0.2) is 4.79 Å². The third kappa shape index (κ3) is 3.93. The molecule has 0 aromatic heterocycles. The van der Waals surface area contributed by atoms with Crippen LogP contribution in [0.4, 0.5) is 4.79 Å². The standard InChI is InChI=1S/C21H29N3O2/c1-24(13-15-5-3-2-4-6-15)14-19(25)22-20(26)23-21-10-16-7-17(11-21)9-18(8-16)12-21/h2-6,16-18H,7-14H2,1H3,(H2,22,23,25,26). The summed E-state index contributed by atoms with van der Waals surface area (Å²) in [4.78, 5) is 26.6. The average Bonchev–Trinajstić information content (AvgIpc) is 2.53. The first kappa shape index (κ1) is 17.5. The normalized spacial score (nSPS) is 31.8. The predicted octanol–water partition coefficient (Wildman–Crippen LogP) is 2.91. The van der Waals surface area contributed by atoms with Gasteiger partial charge in [0.25, 0.3) is 0 Å². The number of nitrogens with one attached hydrogen (secondary N) is 2. The zero-order valence-corrected chi connectivity index (χ0v) is 15.5. The number of nitrogens with zero attached hydrogens (tertiary/aromatic N) is 1. The maximum atomic E-state index is 12.4. The van der Waals surface area contributed by atoms with Crippen molar-refractivity contribution in [3.63, 3.8) is 0 Å². The third-order valence-corrected chi connectivity index (χ3v) is 6.38. The zero-order valence-electron chi connectivity index (χ0n) is 15.5. The van der Waals surface area contributed by atoms with E-state index in [-0.39, 0.29) is 24.0 Å². The Morgan fingerprint density at radius 3 is 2.19 bits per heavy atom. The second-order valence-corrected chi connectivity index (χ2v) is 8.86. The van der Waals surface area contributed by atoms with Crippen LogP contribution in [0.5, 0.6) is 0 Å². The van der Waals surface area contributed by atoms with Crippen molar-refractivity contribution >= 4 is 11.9 Å². The van der Waals surface area contributed by atoms with Crippen LogP contribution in [0.1, 0.15) is 44.1 Å². The molecule has 5 nitrogen and oxygen atoms in total. The summed E-state index contributed by atoms with van der Waals surface area (Å²) in [5.74, 6) is 2.07. The minimum absolute atomic E-state index is 0.0605. The lowest BCUT2D eigenvalue weighted by molar-refractivity contribution is -0.121. The zero-order chi connectivity index (χ0) is 18.1. The fourth-order valence-corrected chi connectivity index (χ4v) is 5.90. The van der Waals surface area contributed by atoms with Crippen molar-refractivity contribution in [3.8, 4) is 0 Å². The van der Waals surface area contributed by atoms with Gasteiger partial charge in [-0.15, -0.1) is 0 Å². The quantitative estimate of drug-likeness (QED) is 0.854. The molecule has 1 aromatic rings. The number of urea groups is 1. The minimum Gasteiger partial charge on any atom is -0.332 e. The Balaban J connectivity index is 1.26. The number of hydrogen-bond donors (Lipinski definition) is 2. The molecule has 4 saturated carbocycles. The van der Waals surface area contributed by atoms with Crippen LogP contribution in [0.3, 0.4) is 0 Å². The van der Waals surface area contributed by atoms with Crippen molar-refractivity contribution in [1.82, 2.24) is 15.5 Å². The van der Waals surface area contributed by atoms with E-state index in [9.17, 15) is 9.59 Å². The van der Waals surface area contributed by atoms with Gasteiger partial charge < -0.3 is 5.32 Å². The van der Waals surface area contributed by atoms with Gasteiger partial charge in [-0.3, -0.25) is 15.0 Å². The van der Waals surface area contributed by atoms with Crippen LogP contribution in [-0.4, -0.2) is 36.0 Å². The molecule has 0 spiro atoms. The van der Waals surface area contributed by atoms with Crippen molar-refractivity contribution in [1.29, 1.82) is 0 Å². The van der Waals surface area contributed by atoms with Gasteiger partial charge in [-0.05, 0) is 68.9 Å². The molecule has 0 saturated heterocycles. The maximum absolute atomic E-state index is 12.4. The molecule has 4 fully saturated rings. The molecule has 0 aliphatic heterocycles. The molecule has 3 amide bonds. The van der Waals surface area contributed by atoms with Crippen molar-refractivity contribution in [2.24, 2.45) is 17.8 Å². The monoisotopic (exact) mass is 355 g/mol. The van der Waals surface area contributed by atoms with E-state index in [1.165, 1.54) is 19.3 Å². The summed E-state index contributed by atoms with van der Waals surface area (Å²) in [6, 6.07) is 9.71. The van der Waals surface area contributed by atoms with Crippen molar-refractivity contribution in [3.05, 3.63) is 35.9 Å². The number of likely N-dealkylation sites (N-methyl/N-ethyl adjacent to an activating group) is 1. The van der Waals surface area contributed by atoms with E-state index in [1.54, 1.807) is 0 Å². The SMILES string of the molecule is CN(CC(=O)NC(=O)NC12CC3CC(CC(C3)C1)C2)Cc1ccccc1. The van der Waals surface area contributed by atoms with Crippen molar-refractivity contribution in [2.45, 2.75) is 50.6 Å². The van der Waals surface area contributed by atoms with Crippen LogP contribution in [0.15, 0.2) is 30.3 Å². The molecule has 0 heterocycles. The van der Waals surface area contributed by atoms with E-state index < -0.39 is 0 Å². The highest BCUT2D eigenvalue weighted by Crippen LogP contribution is 2.55. The second kappa shape index (κ2) is 7.03. The molecule has 5 rings (SSSR count). The third-order valence-electron chi connectivity index (χ3n) is 6.38. The van der Waals surface area contributed by atoms with Crippen LogP contribution in [0, 0.1) is 17.8 Å². The Labute approximate surface area is 155 Å². The second-order valence-electron chi connectivity index (χ2n) is 8.86. The molecule has 5 heteroatoms. The van der Waals surface area contributed by atoms with Crippen LogP contribution in [0.2, 0.25) is 0 Å². The van der Waals surface area contributed by atoms with Gasteiger partial charge in [0.05, 0.1) is 6.54 Å². The van der Waals surface area contributed by atoms with Gasteiger partial charge in [0.2, 0.25) is 5.91 Å². The fourth-order valence-electron chi connectivity index (χ4n) is 5.90. The van der Waals surface area contributed by atoms with Crippen LogP contribution in [-0.2, 0) is 11.3 Å². The number of imide groups is 1. The number of carbonyl (C=O) groups is 2. The molecule has 0 radical (unpaired) electrons. The Morgan fingerprint density at radius 1 is 1.04 bits per heavy atom. The lowest BCUT2D eigenvalue weighted by Crippen LogP contribution is -2.62. The van der Waals surface area contributed by atoms with Crippen molar-refractivity contribution < 1.29 is 9.59 Å². The molecule has 26 heavy (non-hydrogen) atoms. The van der Waals surface area contributed by atoms with E-state index in [0.29, 0.717) is 6.54 Å². The van der Waals surface area contributed by atoms with Gasteiger partial charge in [0.15, 0.2) is 0 Å². The first-order valence-electron chi connectivity index (χ1n) is 9.84. The summed E-state index contributed by atoms with van der Waals surface area (Å²) in [5, 5.41) is 5.73. The van der Waals surface area contributed by atoms with E-state index in [4.69, 9.17) is 0 Å². The molecule has 0 unspecified atom stereocenters. The highest BCUT2D eigenvalue weighted by molar-refractivity contribution is 5.95. The Morgan fingerprint density at radius 2 is 1.62 bits per heavy atom. The first-order valence-corrected chi connectivity index (χ1v) is 9.84. The number of rotatable bonds is 5. The minimum atomic E-state index is -0.315.